The van der Waals surface area contributed by atoms with E-state index in [1.54, 1.807) is 29.8 Å². The highest BCUT2D eigenvalue weighted by molar-refractivity contribution is 6.27. The van der Waals surface area contributed by atoms with E-state index in [1.807, 2.05) is 41.8 Å². The molecule has 0 aliphatic heterocycles. The maximum absolute atomic E-state index is 13.7. The molecule has 4 aromatic rings. The summed E-state index contributed by atoms with van der Waals surface area (Å²) in [4.78, 5) is 26.8. The molecule has 4 nitrogen and oxygen atoms in total. The van der Waals surface area contributed by atoms with Crippen LogP contribution in [0.4, 0.5) is 4.39 Å². The zero-order valence-electron chi connectivity index (χ0n) is 16.4. The zero-order valence-corrected chi connectivity index (χ0v) is 18.6. The summed E-state index contributed by atoms with van der Waals surface area (Å²) in [5.74, 6) is 0.0903. The van der Waals surface area contributed by atoms with Crippen molar-refractivity contribution in [1.29, 1.82) is 0 Å². The zero-order chi connectivity index (χ0) is 20.3. The number of halogens is 2. The van der Waals surface area contributed by atoms with Crippen LogP contribution < -0.4 is 28.5 Å². The predicted octanol–water partition coefficient (Wildman–Crippen LogP) is 0.741. The quantitative estimate of drug-likeness (QED) is 0.259. The van der Waals surface area contributed by atoms with E-state index >= 15 is 0 Å². The number of rotatable bonds is 2. The van der Waals surface area contributed by atoms with Gasteiger partial charge in [0, 0.05) is 18.1 Å². The Kier molecular flexibility index (Phi) is 5.05. The van der Waals surface area contributed by atoms with Crippen LogP contribution in [0.3, 0.4) is 0 Å². The Bertz CT molecular complexity index is 1360. The van der Waals surface area contributed by atoms with Gasteiger partial charge in [-0.25, -0.2) is 13.5 Å². The SMILES string of the molecule is Cc1n(Cc2cccc(F)c2)c2c([n+]1C)C(=O)c1cc3ccccc3cc1C2=O.[I-]. The summed E-state index contributed by atoms with van der Waals surface area (Å²) in [5.41, 5.74) is 2.32. The molecule has 0 spiro atoms. The number of carbonyl (C=O) groups excluding carboxylic acids is 2. The van der Waals surface area contributed by atoms with Crippen molar-refractivity contribution in [2.75, 3.05) is 0 Å². The molecule has 0 saturated carbocycles. The van der Waals surface area contributed by atoms with Gasteiger partial charge in [-0.05, 0) is 40.6 Å². The van der Waals surface area contributed by atoms with Gasteiger partial charge in [0.15, 0.2) is 0 Å². The van der Waals surface area contributed by atoms with Crippen molar-refractivity contribution in [3.63, 3.8) is 0 Å². The number of nitrogens with zero attached hydrogens (tertiary/aromatic N) is 2. The van der Waals surface area contributed by atoms with E-state index in [4.69, 9.17) is 0 Å². The van der Waals surface area contributed by atoms with Crippen LogP contribution in [0.25, 0.3) is 10.8 Å². The third kappa shape index (κ3) is 2.98. The maximum atomic E-state index is 13.7. The Morgan fingerprint density at radius 2 is 1.53 bits per heavy atom. The molecule has 6 heteroatoms. The summed E-state index contributed by atoms with van der Waals surface area (Å²) >= 11 is 0. The van der Waals surface area contributed by atoms with Gasteiger partial charge in [0.25, 0.3) is 5.82 Å². The summed E-state index contributed by atoms with van der Waals surface area (Å²) in [6.07, 6.45) is 0. The summed E-state index contributed by atoms with van der Waals surface area (Å²) < 4.78 is 17.2. The number of carbonyl (C=O) groups is 2. The molecule has 0 radical (unpaired) electrons. The van der Waals surface area contributed by atoms with Crippen LogP contribution in [0.15, 0.2) is 60.7 Å². The minimum Gasteiger partial charge on any atom is -1.00 e. The Morgan fingerprint density at radius 3 is 2.17 bits per heavy atom. The van der Waals surface area contributed by atoms with E-state index in [0.29, 0.717) is 29.1 Å². The molecule has 0 saturated heterocycles. The molecular weight excluding hydrogens is 494 g/mol. The number of aromatic nitrogens is 2. The smallest absolute Gasteiger partial charge is 0.254 e. The Labute approximate surface area is 190 Å². The van der Waals surface area contributed by atoms with Crippen molar-refractivity contribution in [3.05, 3.63) is 100 Å². The first-order chi connectivity index (χ1) is 14.0. The van der Waals surface area contributed by atoms with Gasteiger partial charge in [0.1, 0.15) is 12.4 Å². The van der Waals surface area contributed by atoms with Crippen LogP contribution in [-0.4, -0.2) is 16.1 Å². The lowest BCUT2D eigenvalue weighted by Gasteiger charge is -2.14. The number of hydrogen-bond acceptors (Lipinski definition) is 2. The molecule has 1 aliphatic carbocycles. The molecule has 0 atom stereocenters. The molecule has 0 amide bonds. The summed E-state index contributed by atoms with van der Waals surface area (Å²) in [6.45, 7) is 2.17. The van der Waals surface area contributed by atoms with E-state index in [0.717, 1.165) is 22.2 Å². The van der Waals surface area contributed by atoms with Gasteiger partial charge in [0.05, 0.1) is 7.05 Å². The van der Waals surface area contributed by atoms with Gasteiger partial charge < -0.3 is 24.0 Å². The van der Waals surface area contributed by atoms with Crippen molar-refractivity contribution in [2.24, 2.45) is 7.05 Å². The van der Waals surface area contributed by atoms with Crippen LogP contribution >= 0.6 is 0 Å². The van der Waals surface area contributed by atoms with Crippen molar-refractivity contribution < 1.29 is 42.5 Å². The van der Waals surface area contributed by atoms with Gasteiger partial charge in [-0.3, -0.25) is 9.59 Å². The molecule has 1 aliphatic rings. The lowest BCUT2D eigenvalue weighted by molar-refractivity contribution is -0.679. The highest BCUT2D eigenvalue weighted by atomic mass is 127. The van der Waals surface area contributed by atoms with Gasteiger partial charge in [-0.1, -0.05) is 36.4 Å². The third-order valence-electron chi connectivity index (χ3n) is 5.74. The molecule has 1 aromatic heterocycles. The number of fused-ring (bicyclic) bond motifs is 3. The second kappa shape index (κ2) is 7.43. The van der Waals surface area contributed by atoms with Crippen LogP contribution in [0, 0.1) is 12.7 Å². The molecule has 5 rings (SSSR count). The lowest BCUT2D eigenvalue weighted by Crippen LogP contribution is -3.00. The van der Waals surface area contributed by atoms with Crippen LogP contribution in [0.5, 0.6) is 0 Å². The Morgan fingerprint density at radius 1 is 0.900 bits per heavy atom. The molecule has 30 heavy (non-hydrogen) atoms. The highest BCUT2D eigenvalue weighted by Crippen LogP contribution is 2.30. The lowest BCUT2D eigenvalue weighted by atomic mass is 9.87. The first kappa shape index (κ1) is 20.4. The fourth-order valence-corrected chi connectivity index (χ4v) is 4.16. The third-order valence-corrected chi connectivity index (χ3v) is 5.74. The predicted molar refractivity (Wildman–Crippen MR) is 107 cm³/mol. The average Bonchev–Trinajstić information content (AvgIpc) is 2.96. The monoisotopic (exact) mass is 512 g/mol. The van der Waals surface area contributed by atoms with Crippen molar-refractivity contribution >= 4 is 22.3 Å². The fourth-order valence-electron chi connectivity index (χ4n) is 4.16. The van der Waals surface area contributed by atoms with E-state index in [9.17, 15) is 14.0 Å². The largest absolute Gasteiger partial charge is 1.00 e. The van der Waals surface area contributed by atoms with Crippen molar-refractivity contribution in [2.45, 2.75) is 13.5 Å². The minimum absolute atomic E-state index is 0. The van der Waals surface area contributed by atoms with Gasteiger partial charge in [-0.2, -0.15) is 0 Å². The number of hydrogen-bond donors (Lipinski definition) is 0. The van der Waals surface area contributed by atoms with E-state index < -0.39 is 0 Å². The topological polar surface area (TPSA) is 43.0 Å². The highest BCUT2D eigenvalue weighted by Gasteiger charge is 2.42. The fraction of sp³-hybridized carbons (Fsp3) is 0.125. The number of ketones is 2. The standard InChI is InChI=1S/C24H18FN2O2.HI/c1-14-26(2)21-22(27(14)13-15-6-5-9-18(25)10-15)24(29)20-12-17-8-4-3-7-16(17)11-19(20)23(21)28;/h3-12H,13H2,1-2H3;1H/q+1;/p-1. The maximum Gasteiger partial charge on any atom is 0.254 e. The number of imidazole rings is 1. The minimum atomic E-state index is -0.329. The van der Waals surface area contributed by atoms with Crippen LogP contribution in [0.2, 0.25) is 0 Å². The van der Waals surface area contributed by atoms with Crippen LogP contribution in [0.1, 0.15) is 43.5 Å². The molecular formula is C24H18FIN2O2. The molecule has 0 fully saturated rings. The molecule has 0 bridgehead atoms. The summed E-state index contributed by atoms with van der Waals surface area (Å²) in [5, 5.41) is 1.84. The van der Waals surface area contributed by atoms with Gasteiger partial charge >= 0.3 is 0 Å². The molecule has 3 aromatic carbocycles. The van der Waals surface area contributed by atoms with Crippen molar-refractivity contribution in [3.8, 4) is 0 Å². The van der Waals surface area contributed by atoms with Crippen molar-refractivity contribution in [1.82, 2.24) is 4.57 Å². The van der Waals surface area contributed by atoms with Crippen LogP contribution in [-0.2, 0) is 13.6 Å². The molecule has 1 heterocycles. The first-order valence-corrected chi connectivity index (χ1v) is 9.41. The summed E-state index contributed by atoms with van der Waals surface area (Å²) in [7, 11) is 1.79. The Hall–Kier alpha value is -2.87. The molecule has 0 unspecified atom stereocenters. The molecule has 0 N–H and O–H groups in total. The molecule has 150 valence electrons. The normalized spacial score (nSPS) is 12.5. The first-order valence-electron chi connectivity index (χ1n) is 9.41. The average molecular weight is 512 g/mol. The second-order valence-corrected chi connectivity index (χ2v) is 7.42. The van der Waals surface area contributed by atoms with E-state index in [1.165, 1.54) is 12.1 Å². The number of benzene rings is 3. The van der Waals surface area contributed by atoms with Gasteiger partial charge in [0.2, 0.25) is 23.0 Å². The van der Waals surface area contributed by atoms with E-state index in [-0.39, 0.29) is 41.4 Å². The second-order valence-electron chi connectivity index (χ2n) is 7.42. The summed E-state index contributed by atoms with van der Waals surface area (Å²) in [6, 6.07) is 17.6. The van der Waals surface area contributed by atoms with E-state index in [2.05, 4.69) is 0 Å². The Balaban J connectivity index is 0.00000218. The van der Waals surface area contributed by atoms with Gasteiger partial charge in [-0.15, -0.1) is 0 Å².